The molecule has 19 heavy (non-hydrogen) atoms. The summed E-state index contributed by atoms with van der Waals surface area (Å²) >= 11 is 1.65. The van der Waals surface area contributed by atoms with Gasteiger partial charge in [0.05, 0.1) is 23.9 Å². The van der Waals surface area contributed by atoms with E-state index >= 15 is 0 Å². The first-order valence-electron chi connectivity index (χ1n) is 6.18. The summed E-state index contributed by atoms with van der Waals surface area (Å²) in [6.45, 7) is 4.05. The van der Waals surface area contributed by atoms with E-state index in [-0.39, 0.29) is 0 Å². The highest BCUT2D eigenvalue weighted by molar-refractivity contribution is 7.11. The summed E-state index contributed by atoms with van der Waals surface area (Å²) in [5.74, 6) is 0.587. The fourth-order valence-corrected chi connectivity index (χ4v) is 2.83. The maximum atomic E-state index is 10.1. The number of nitrogens with zero attached hydrogens (tertiary/aromatic N) is 2. The van der Waals surface area contributed by atoms with Gasteiger partial charge in [0, 0.05) is 30.0 Å². The molecule has 1 atom stereocenters. The molecule has 5 heteroatoms. The Morgan fingerprint density at radius 1 is 1.32 bits per heavy atom. The third kappa shape index (κ3) is 3.75. The van der Waals surface area contributed by atoms with Crippen LogP contribution < -0.4 is 4.74 Å². The van der Waals surface area contributed by atoms with E-state index in [0.29, 0.717) is 18.7 Å². The van der Waals surface area contributed by atoms with E-state index in [9.17, 15) is 5.11 Å². The summed E-state index contributed by atoms with van der Waals surface area (Å²) in [5, 5.41) is 11.1. The number of rotatable bonds is 5. The molecule has 0 fully saturated rings. The van der Waals surface area contributed by atoms with Crippen LogP contribution in [0.5, 0.6) is 5.88 Å². The molecule has 0 aromatic carbocycles. The van der Waals surface area contributed by atoms with Gasteiger partial charge in [0.25, 0.3) is 0 Å². The molecule has 0 radical (unpaired) electrons. The van der Waals surface area contributed by atoms with Gasteiger partial charge in [-0.25, -0.2) is 9.97 Å². The maximum absolute atomic E-state index is 10.1. The van der Waals surface area contributed by atoms with Crippen molar-refractivity contribution in [1.29, 1.82) is 0 Å². The predicted octanol–water partition coefficient (Wildman–Crippen LogP) is 2.31. The Labute approximate surface area is 117 Å². The van der Waals surface area contributed by atoms with Gasteiger partial charge in [-0.05, 0) is 19.4 Å². The van der Waals surface area contributed by atoms with Crippen LogP contribution in [0.15, 0.2) is 18.3 Å². The van der Waals surface area contributed by atoms with E-state index in [2.05, 4.69) is 16.9 Å². The smallest absolute Gasteiger partial charge is 0.212 e. The molecule has 0 bridgehead atoms. The van der Waals surface area contributed by atoms with Crippen LogP contribution in [0.25, 0.3) is 0 Å². The van der Waals surface area contributed by atoms with Crippen LogP contribution in [0.1, 0.15) is 21.1 Å². The van der Waals surface area contributed by atoms with Gasteiger partial charge in [-0.3, -0.25) is 0 Å². The number of pyridine rings is 1. The van der Waals surface area contributed by atoms with Gasteiger partial charge in [-0.1, -0.05) is 6.07 Å². The Bertz CT molecular complexity index is 517. The molecular formula is C14H18N2O2S. The molecule has 2 rings (SSSR count). The molecule has 0 aliphatic rings. The predicted molar refractivity (Wildman–Crippen MR) is 75.8 cm³/mol. The topological polar surface area (TPSA) is 55.2 Å². The standard InChI is InChI=1S/C14H18N2O2S/c1-9-10(2)19-14(16-9)7-12(17)6-11-4-5-13(18-3)15-8-11/h4-5,8,12,17H,6-7H2,1-3H3. The number of aromatic nitrogens is 2. The highest BCUT2D eigenvalue weighted by Gasteiger charge is 2.11. The number of hydrogen-bond donors (Lipinski definition) is 1. The first kappa shape index (κ1) is 14.0. The highest BCUT2D eigenvalue weighted by atomic mass is 32.1. The second-order valence-electron chi connectivity index (χ2n) is 4.52. The molecule has 1 N–H and O–H groups in total. The van der Waals surface area contributed by atoms with Crippen LogP contribution in [0.3, 0.4) is 0 Å². The molecule has 0 saturated heterocycles. The van der Waals surface area contributed by atoms with Crippen molar-refractivity contribution in [1.82, 2.24) is 9.97 Å². The molecule has 0 aliphatic heterocycles. The Kier molecular flexibility index (Phi) is 4.50. The van der Waals surface area contributed by atoms with E-state index in [1.54, 1.807) is 30.7 Å². The van der Waals surface area contributed by atoms with Crippen molar-refractivity contribution >= 4 is 11.3 Å². The molecule has 2 heterocycles. The lowest BCUT2D eigenvalue weighted by Gasteiger charge is -2.08. The zero-order chi connectivity index (χ0) is 13.8. The molecule has 0 aliphatic carbocycles. The van der Waals surface area contributed by atoms with Gasteiger partial charge < -0.3 is 9.84 Å². The van der Waals surface area contributed by atoms with E-state index in [0.717, 1.165) is 16.3 Å². The van der Waals surface area contributed by atoms with Gasteiger partial charge in [0.2, 0.25) is 5.88 Å². The molecule has 4 nitrogen and oxygen atoms in total. The number of aliphatic hydroxyl groups is 1. The van der Waals surface area contributed by atoms with Gasteiger partial charge in [0.15, 0.2) is 0 Å². The summed E-state index contributed by atoms with van der Waals surface area (Å²) in [7, 11) is 1.59. The number of hydrogen-bond acceptors (Lipinski definition) is 5. The van der Waals surface area contributed by atoms with Gasteiger partial charge >= 0.3 is 0 Å². The lowest BCUT2D eigenvalue weighted by molar-refractivity contribution is 0.175. The normalized spacial score (nSPS) is 12.4. The average Bonchev–Trinajstić information content (AvgIpc) is 2.69. The summed E-state index contributed by atoms with van der Waals surface area (Å²) in [4.78, 5) is 9.79. The highest BCUT2D eigenvalue weighted by Crippen LogP contribution is 2.19. The van der Waals surface area contributed by atoms with Crippen LogP contribution >= 0.6 is 11.3 Å². The second-order valence-corrected chi connectivity index (χ2v) is 5.81. The van der Waals surface area contributed by atoms with Crippen molar-refractivity contribution in [2.24, 2.45) is 0 Å². The largest absolute Gasteiger partial charge is 0.481 e. The van der Waals surface area contributed by atoms with Crippen molar-refractivity contribution in [2.45, 2.75) is 32.8 Å². The van der Waals surface area contributed by atoms with Crippen LogP contribution in [-0.4, -0.2) is 28.3 Å². The monoisotopic (exact) mass is 278 g/mol. The molecule has 0 saturated carbocycles. The van der Waals surface area contributed by atoms with Crippen molar-refractivity contribution in [2.75, 3.05) is 7.11 Å². The molecule has 102 valence electrons. The quantitative estimate of drug-likeness (QED) is 0.912. The number of ether oxygens (including phenoxy) is 1. The van der Waals surface area contributed by atoms with E-state index in [1.807, 2.05) is 13.0 Å². The Morgan fingerprint density at radius 2 is 2.11 bits per heavy atom. The van der Waals surface area contributed by atoms with E-state index in [4.69, 9.17) is 4.74 Å². The lowest BCUT2D eigenvalue weighted by Crippen LogP contribution is -2.14. The first-order valence-corrected chi connectivity index (χ1v) is 7.00. The van der Waals surface area contributed by atoms with Crippen molar-refractivity contribution in [3.63, 3.8) is 0 Å². The van der Waals surface area contributed by atoms with Crippen LogP contribution in [0, 0.1) is 13.8 Å². The Hall–Kier alpha value is -1.46. The summed E-state index contributed by atoms with van der Waals surface area (Å²) in [6.07, 6.45) is 2.47. The lowest BCUT2D eigenvalue weighted by atomic mass is 10.1. The minimum atomic E-state index is -0.430. The van der Waals surface area contributed by atoms with Gasteiger partial charge in [-0.15, -0.1) is 11.3 Å². The van der Waals surface area contributed by atoms with E-state index < -0.39 is 6.10 Å². The third-order valence-electron chi connectivity index (χ3n) is 2.96. The SMILES string of the molecule is COc1ccc(CC(O)Cc2nc(C)c(C)s2)cn1. The van der Waals surface area contributed by atoms with Gasteiger partial charge in [-0.2, -0.15) is 0 Å². The number of thiazole rings is 1. The zero-order valence-corrected chi connectivity index (χ0v) is 12.2. The maximum Gasteiger partial charge on any atom is 0.212 e. The molecule has 2 aromatic heterocycles. The number of methoxy groups -OCH3 is 1. The van der Waals surface area contributed by atoms with Gasteiger partial charge in [0.1, 0.15) is 0 Å². The number of aliphatic hydroxyl groups excluding tert-OH is 1. The Morgan fingerprint density at radius 3 is 2.63 bits per heavy atom. The third-order valence-corrected chi connectivity index (χ3v) is 4.06. The fraction of sp³-hybridized carbons (Fsp3) is 0.429. The van der Waals surface area contributed by atoms with Crippen LogP contribution in [0.4, 0.5) is 0 Å². The minimum Gasteiger partial charge on any atom is -0.481 e. The molecule has 2 aromatic rings. The molecular weight excluding hydrogens is 260 g/mol. The van der Waals surface area contributed by atoms with Crippen LogP contribution in [-0.2, 0) is 12.8 Å². The first-order chi connectivity index (χ1) is 9.08. The molecule has 0 spiro atoms. The van der Waals surface area contributed by atoms with E-state index in [1.165, 1.54) is 4.88 Å². The summed E-state index contributed by atoms with van der Waals surface area (Å²) in [5.41, 5.74) is 2.05. The second kappa shape index (κ2) is 6.12. The molecule has 1 unspecified atom stereocenters. The fourth-order valence-electron chi connectivity index (χ4n) is 1.82. The Balaban J connectivity index is 1.94. The summed E-state index contributed by atoms with van der Waals surface area (Å²) in [6, 6.07) is 3.73. The molecule has 0 amide bonds. The average molecular weight is 278 g/mol. The van der Waals surface area contributed by atoms with Crippen molar-refractivity contribution in [3.05, 3.63) is 39.5 Å². The number of aryl methyl sites for hydroxylation is 2. The zero-order valence-electron chi connectivity index (χ0n) is 11.4. The minimum absolute atomic E-state index is 0.430. The van der Waals surface area contributed by atoms with Crippen molar-refractivity contribution in [3.8, 4) is 5.88 Å². The summed E-state index contributed by atoms with van der Waals surface area (Å²) < 4.78 is 5.00. The van der Waals surface area contributed by atoms with Crippen LogP contribution in [0.2, 0.25) is 0 Å². The van der Waals surface area contributed by atoms with Crippen molar-refractivity contribution < 1.29 is 9.84 Å².